The first-order valence-corrected chi connectivity index (χ1v) is 7.16. The molecule has 2 heterocycles. The number of fused-ring (bicyclic) bond motifs is 1. The highest BCUT2D eigenvalue weighted by Crippen LogP contribution is 2.27. The lowest BCUT2D eigenvalue weighted by molar-refractivity contribution is -0.120. The highest BCUT2D eigenvalue weighted by Gasteiger charge is 2.09. The van der Waals surface area contributed by atoms with Gasteiger partial charge < -0.3 is 10.6 Å². The average molecular weight is 278 g/mol. The van der Waals surface area contributed by atoms with Crippen LogP contribution in [-0.2, 0) is 4.79 Å². The van der Waals surface area contributed by atoms with Crippen molar-refractivity contribution < 1.29 is 4.79 Å². The first-order valence-electron chi connectivity index (χ1n) is 6.34. The third kappa shape index (κ3) is 3.41. The van der Waals surface area contributed by atoms with E-state index in [4.69, 9.17) is 0 Å². The molecule has 0 fully saturated rings. The number of hydrogen-bond acceptors (Lipinski definition) is 5. The van der Waals surface area contributed by atoms with Crippen LogP contribution in [0.2, 0.25) is 0 Å². The van der Waals surface area contributed by atoms with Crippen LogP contribution in [0.5, 0.6) is 0 Å². The molecule has 0 saturated heterocycles. The normalized spacial score (nSPS) is 12.4. The van der Waals surface area contributed by atoms with Gasteiger partial charge in [0.15, 0.2) is 0 Å². The summed E-state index contributed by atoms with van der Waals surface area (Å²) in [5, 5.41) is 6.96. The third-order valence-electron chi connectivity index (χ3n) is 2.89. The van der Waals surface area contributed by atoms with E-state index >= 15 is 0 Å². The summed E-state index contributed by atoms with van der Waals surface area (Å²) in [6.07, 6.45) is 2.44. The van der Waals surface area contributed by atoms with Gasteiger partial charge in [0.1, 0.15) is 17.0 Å². The summed E-state index contributed by atoms with van der Waals surface area (Å²) in [5.41, 5.74) is 0. The summed E-state index contributed by atoms with van der Waals surface area (Å²) in [4.78, 5) is 22.3. The van der Waals surface area contributed by atoms with Crippen molar-refractivity contribution in [1.29, 1.82) is 0 Å². The van der Waals surface area contributed by atoms with Gasteiger partial charge in [-0.3, -0.25) is 4.79 Å². The molecule has 0 aliphatic rings. The number of carbonyl (C=O) groups excluding carboxylic acids is 1. The van der Waals surface area contributed by atoms with Crippen LogP contribution >= 0.6 is 11.3 Å². The Balaban J connectivity index is 2.03. The molecule has 0 saturated carbocycles. The molecule has 5 nitrogen and oxygen atoms in total. The number of nitrogens with one attached hydrogen (secondary N) is 2. The van der Waals surface area contributed by atoms with E-state index in [9.17, 15) is 4.79 Å². The molecule has 2 rings (SSSR count). The molecule has 1 amide bonds. The molecular weight excluding hydrogens is 260 g/mol. The maximum absolute atomic E-state index is 11.7. The number of rotatable bonds is 5. The number of thiophene rings is 1. The van der Waals surface area contributed by atoms with E-state index in [-0.39, 0.29) is 18.5 Å². The zero-order valence-corrected chi connectivity index (χ0v) is 12.2. The Labute approximate surface area is 116 Å². The number of aryl methyl sites for hydroxylation is 1. The molecule has 1 atom stereocenters. The Bertz CT molecular complexity index is 581. The Morgan fingerprint density at radius 2 is 2.26 bits per heavy atom. The lowest BCUT2D eigenvalue weighted by atomic mass is 10.2. The van der Waals surface area contributed by atoms with Crippen LogP contribution in [0, 0.1) is 6.92 Å². The van der Waals surface area contributed by atoms with Gasteiger partial charge in [-0.05, 0) is 26.3 Å². The minimum atomic E-state index is -0.0203. The lowest BCUT2D eigenvalue weighted by Crippen LogP contribution is -2.36. The van der Waals surface area contributed by atoms with Crippen LogP contribution in [0.1, 0.15) is 25.1 Å². The molecule has 0 aliphatic carbocycles. The standard InChI is InChI=1S/C13H18N4OS/c1-4-8(2)17-11(18)6-14-12-10-5-9(3)19-13(10)16-7-15-12/h5,7-8H,4,6H2,1-3H3,(H,17,18)(H,14,15,16). The monoisotopic (exact) mass is 278 g/mol. The number of aromatic nitrogens is 2. The number of anilines is 1. The van der Waals surface area contributed by atoms with Gasteiger partial charge in [0.25, 0.3) is 0 Å². The number of hydrogen-bond donors (Lipinski definition) is 2. The van der Waals surface area contributed by atoms with Crippen molar-refractivity contribution in [1.82, 2.24) is 15.3 Å². The largest absolute Gasteiger partial charge is 0.360 e. The van der Waals surface area contributed by atoms with E-state index in [0.29, 0.717) is 5.82 Å². The number of amides is 1. The van der Waals surface area contributed by atoms with Gasteiger partial charge in [-0.1, -0.05) is 6.92 Å². The van der Waals surface area contributed by atoms with Crippen molar-refractivity contribution >= 4 is 33.3 Å². The predicted octanol–water partition coefficient (Wildman–Crippen LogP) is 2.33. The lowest BCUT2D eigenvalue weighted by Gasteiger charge is -2.12. The number of carbonyl (C=O) groups is 1. The third-order valence-corrected chi connectivity index (χ3v) is 3.85. The SMILES string of the molecule is CCC(C)NC(=O)CNc1ncnc2sc(C)cc12. The summed E-state index contributed by atoms with van der Waals surface area (Å²) in [5.74, 6) is 0.696. The van der Waals surface area contributed by atoms with Crippen molar-refractivity contribution in [2.24, 2.45) is 0 Å². The van der Waals surface area contributed by atoms with E-state index in [1.807, 2.05) is 26.8 Å². The zero-order chi connectivity index (χ0) is 13.8. The highest BCUT2D eigenvalue weighted by atomic mass is 32.1. The van der Waals surface area contributed by atoms with E-state index in [1.54, 1.807) is 11.3 Å². The summed E-state index contributed by atoms with van der Waals surface area (Å²) < 4.78 is 0. The molecule has 2 aromatic rings. The second-order valence-corrected chi connectivity index (χ2v) is 5.76. The molecule has 0 aromatic carbocycles. The van der Waals surface area contributed by atoms with Gasteiger partial charge in [0, 0.05) is 10.9 Å². The minimum absolute atomic E-state index is 0.0203. The fourth-order valence-electron chi connectivity index (χ4n) is 1.71. The first-order chi connectivity index (χ1) is 9.10. The maximum atomic E-state index is 11.7. The Morgan fingerprint density at radius 3 is 3.00 bits per heavy atom. The van der Waals surface area contributed by atoms with Gasteiger partial charge in [0.05, 0.1) is 11.9 Å². The van der Waals surface area contributed by atoms with Crippen molar-refractivity contribution in [2.45, 2.75) is 33.2 Å². The van der Waals surface area contributed by atoms with Crippen LogP contribution in [0.15, 0.2) is 12.4 Å². The summed E-state index contributed by atoms with van der Waals surface area (Å²) >= 11 is 1.62. The van der Waals surface area contributed by atoms with Crippen LogP contribution in [0.4, 0.5) is 5.82 Å². The molecule has 19 heavy (non-hydrogen) atoms. The van der Waals surface area contributed by atoms with Crippen molar-refractivity contribution in [3.05, 3.63) is 17.3 Å². The van der Waals surface area contributed by atoms with Gasteiger partial charge in [-0.2, -0.15) is 0 Å². The Kier molecular flexibility index (Phi) is 4.31. The van der Waals surface area contributed by atoms with Crippen molar-refractivity contribution in [2.75, 3.05) is 11.9 Å². The molecule has 0 aliphatic heterocycles. The average Bonchev–Trinajstić information content (AvgIpc) is 2.76. The van der Waals surface area contributed by atoms with Crippen LogP contribution in [0.3, 0.4) is 0 Å². The van der Waals surface area contributed by atoms with Crippen LogP contribution < -0.4 is 10.6 Å². The van der Waals surface area contributed by atoms with Crippen molar-refractivity contribution in [3.8, 4) is 0 Å². The smallest absolute Gasteiger partial charge is 0.239 e. The summed E-state index contributed by atoms with van der Waals surface area (Å²) in [7, 11) is 0. The molecule has 0 radical (unpaired) electrons. The second-order valence-electron chi connectivity index (χ2n) is 4.53. The highest BCUT2D eigenvalue weighted by molar-refractivity contribution is 7.18. The van der Waals surface area contributed by atoms with Crippen LogP contribution in [-0.4, -0.2) is 28.5 Å². The quantitative estimate of drug-likeness (QED) is 0.881. The molecule has 1 unspecified atom stereocenters. The molecule has 102 valence electrons. The van der Waals surface area contributed by atoms with Gasteiger partial charge >= 0.3 is 0 Å². The fraction of sp³-hybridized carbons (Fsp3) is 0.462. The predicted molar refractivity (Wildman–Crippen MR) is 78.5 cm³/mol. The fourth-order valence-corrected chi connectivity index (χ4v) is 2.56. The second kappa shape index (κ2) is 5.97. The van der Waals surface area contributed by atoms with Crippen LogP contribution in [0.25, 0.3) is 10.2 Å². The zero-order valence-electron chi connectivity index (χ0n) is 11.4. The van der Waals surface area contributed by atoms with Gasteiger partial charge in [-0.25, -0.2) is 9.97 Å². The van der Waals surface area contributed by atoms with E-state index in [1.165, 1.54) is 11.2 Å². The summed E-state index contributed by atoms with van der Waals surface area (Å²) in [6, 6.07) is 2.23. The number of nitrogens with zero attached hydrogens (tertiary/aromatic N) is 2. The molecule has 0 spiro atoms. The Hall–Kier alpha value is -1.69. The topological polar surface area (TPSA) is 66.9 Å². The maximum Gasteiger partial charge on any atom is 0.239 e. The van der Waals surface area contributed by atoms with E-state index in [2.05, 4.69) is 20.6 Å². The van der Waals surface area contributed by atoms with Crippen molar-refractivity contribution in [3.63, 3.8) is 0 Å². The minimum Gasteiger partial charge on any atom is -0.360 e. The van der Waals surface area contributed by atoms with Gasteiger partial charge in [0.2, 0.25) is 5.91 Å². The molecular formula is C13H18N4OS. The molecule has 2 N–H and O–H groups in total. The Morgan fingerprint density at radius 1 is 1.47 bits per heavy atom. The van der Waals surface area contributed by atoms with Gasteiger partial charge in [-0.15, -0.1) is 11.3 Å². The summed E-state index contributed by atoms with van der Waals surface area (Å²) in [6.45, 7) is 6.29. The van der Waals surface area contributed by atoms with E-state index in [0.717, 1.165) is 16.6 Å². The molecule has 6 heteroatoms. The van der Waals surface area contributed by atoms with E-state index < -0.39 is 0 Å². The molecule has 0 bridgehead atoms. The first kappa shape index (κ1) is 13.7. The molecule has 2 aromatic heterocycles.